The van der Waals surface area contributed by atoms with Crippen LogP contribution in [0.2, 0.25) is 0 Å². The second-order valence-corrected chi connectivity index (χ2v) is 6.60. The summed E-state index contributed by atoms with van der Waals surface area (Å²) < 4.78 is 5.34. The summed E-state index contributed by atoms with van der Waals surface area (Å²) in [4.78, 5) is 0. The fourth-order valence-electron chi connectivity index (χ4n) is 2.59. The molecule has 1 saturated carbocycles. The topological polar surface area (TPSA) is 21.3 Å². The van der Waals surface area contributed by atoms with Gasteiger partial charge in [-0.05, 0) is 50.8 Å². The number of hydrogen-bond donors (Lipinski definition) is 1. The van der Waals surface area contributed by atoms with Crippen LogP contribution in [0, 0.1) is 5.92 Å². The molecule has 1 fully saturated rings. The van der Waals surface area contributed by atoms with E-state index in [1.54, 1.807) is 7.11 Å². The first kappa shape index (κ1) is 13.4. The highest BCUT2D eigenvalue weighted by Gasteiger charge is 2.52. The van der Waals surface area contributed by atoms with E-state index in [-0.39, 0.29) is 5.54 Å². The Bertz CT molecular complexity index is 421. The molecule has 2 atom stereocenters. The van der Waals surface area contributed by atoms with Crippen LogP contribution in [0.1, 0.15) is 39.7 Å². The van der Waals surface area contributed by atoms with Gasteiger partial charge in [-0.2, -0.15) is 0 Å². The lowest BCUT2D eigenvalue weighted by atomic mass is 9.92. The van der Waals surface area contributed by atoms with Crippen LogP contribution in [0.25, 0.3) is 0 Å². The quantitative estimate of drug-likeness (QED) is 0.881. The molecule has 0 bridgehead atoms. The minimum Gasteiger partial charge on any atom is -0.497 e. The van der Waals surface area contributed by atoms with Crippen LogP contribution in [0.15, 0.2) is 24.3 Å². The van der Waals surface area contributed by atoms with Crippen molar-refractivity contribution in [2.75, 3.05) is 13.7 Å². The predicted octanol–water partition coefficient (Wildman–Crippen LogP) is 3.36. The van der Waals surface area contributed by atoms with E-state index in [2.05, 4.69) is 51.2 Å². The highest BCUT2D eigenvalue weighted by Crippen LogP contribution is 2.54. The molecule has 0 heterocycles. The smallest absolute Gasteiger partial charge is 0.119 e. The van der Waals surface area contributed by atoms with Crippen molar-refractivity contribution < 1.29 is 4.74 Å². The van der Waals surface area contributed by atoms with Crippen molar-refractivity contribution in [3.8, 4) is 5.75 Å². The zero-order valence-electron chi connectivity index (χ0n) is 12.2. The van der Waals surface area contributed by atoms with Gasteiger partial charge >= 0.3 is 0 Å². The van der Waals surface area contributed by atoms with Crippen LogP contribution in [0.5, 0.6) is 5.75 Å². The number of hydrogen-bond acceptors (Lipinski definition) is 2. The second kappa shape index (κ2) is 4.58. The van der Waals surface area contributed by atoms with Crippen LogP contribution in [0.4, 0.5) is 0 Å². The van der Waals surface area contributed by atoms with Gasteiger partial charge in [0.25, 0.3) is 0 Å². The Morgan fingerprint density at radius 1 is 1.39 bits per heavy atom. The zero-order chi connectivity index (χ0) is 13.4. The first-order valence-corrected chi connectivity index (χ1v) is 6.77. The molecular formula is C16H25NO. The van der Waals surface area contributed by atoms with Crippen molar-refractivity contribution in [1.82, 2.24) is 5.32 Å². The van der Waals surface area contributed by atoms with Crippen LogP contribution in [-0.4, -0.2) is 19.2 Å². The molecule has 0 aromatic heterocycles. The lowest BCUT2D eigenvalue weighted by Gasteiger charge is -2.26. The lowest BCUT2D eigenvalue weighted by Crippen LogP contribution is -2.41. The molecular weight excluding hydrogens is 222 g/mol. The van der Waals surface area contributed by atoms with E-state index in [9.17, 15) is 0 Å². The van der Waals surface area contributed by atoms with Gasteiger partial charge in [-0.25, -0.2) is 0 Å². The van der Waals surface area contributed by atoms with E-state index in [1.807, 2.05) is 6.07 Å². The molecule has 18 heavy (non-hydrogen) atoms. The largest absolute Gasteiger partial charge is 0.497 e. The Morgan fingerprint density at radius 2 is 2.06 bits per heavy atom. The number of methoxy groups -OCH3 is 1. The van der Waals surface area contributed by atoms with E-state index in [0.717, 1.165) is 18.2 Å². The van der Waals surface area contributed by atoms with Crippen molar-refractivity contribution in [3.05, 3.63) is 29.8 Å². The zero-order valence-corrected chi connectivity index (χ0v) is 12.2. The molecule has 0 radical (unpaired) electrons. The third-order valence-electron chi connectivity index (χ3n) is 4.03. The molecule has 0 amide bonds. The highest BCUT2D eigenvalue weighted by atomic mass is 16.5. The van der Waals surface area contributed by atoms with Crippen LogP contribution < -0.4 is 10.1 Å². The van der Waals surface area contributed by atoms with Crippen LogP contribution in [-0.2, 0) is 5.41 Å². The minimum atomic E-state index is 0.175. The van der Waals surface area contributed by atoms with Gasteiger partial charge in [0.05, 0.1) is 7.11 Å². The molecule has 2 nitrogen and oxygen atoms in total. The fourth-order valence-corrected chi connectivity index (χ4v) is 2.59. The molecule has 1 N–H and O–H groups in total. The average molecular weight is 247 g/mol. The van der Waals surface area contributed by atoms with Gasteiger partial charge in [-0.1, -0.05) is 19.1 Å². The lowest BCUT2D eigenvalue weighted by molar-refractivity contribution is 0.389. The van der Waals surface area contributed by atoms with Crippen molar-refractivity contribution in [2.45, 2.75) is 45.1 Å². The predicted molar refractivity (Wildman–Crippen MR) is 76.2 cm³/mol. The third-order valence-corrected chi connectivity index (χ3v) is 4.03. The maximum atomic E-state index is 5.34. The monoisotopic (exact) mass is 247 g/mol. The molecule has 100 valence electrons. The van der Waals surface area contributed by atoms with Gasteiger partial charge in [0.15, 0.2) is 0 Å². The van der Waals surface area contributed by atoms with Gasteiger partial charge in [-0.3, -0.25) is 0 Å². The molecule has 1 aliphatic rings. The summed E-state index contributed by atoms with van der Waals surface area (Å²) in [5.41, 5.74) is 1.89. The number of nitrogens with one attached hydrogen (secondary N) is 1. The van der Waals surface area contributed by atoms with Crippen molar-refractivity contribution in [2.24, 2.45) is 5.92 Å². The summed E-state index contributed by atoms with van der Waals surface area (Å²) in [7, 11) is 1.73. The Kier molecular flexibility index (Phi) is 3.41. The van der Waals surface area contributed by atoms with Crippen LogP contribution in [0.3, 0.4) is 0 Å². The van der Waals surface area contributed by atoms with E-state index in [1.165, 1.54) is 12.0 Å². The molecule has 2 rings (SSSR count). The summed E-state index contributed by atoms with van der Waals surface area (Å²) in [5.74, 6) is 1.71. The van der Waals surface area contributed by atoms with Crippen molar-refractivity contribution in [3.63, 3.8) is 0 Å². The fraction of sp³-hybridized carbons (Fsp3) is 0.625. The summed E-state index contributed by atoms with van der Waals surface area (Å²) in [6, 6.07) is 8.53. The molecule has 2 unspecified atom stereocenters. The Hall–Kier alpha value is -1.02. The number of rotatable bonds is 4. The molecule has 0 aliphatic heterocycles. The Balaban J connectivity index is 2.17. The van der Waals surface area contributed by atoms with Gasteiger partial charge in [-0.15, -0.1) is 0 Å². The maximum Gasteiger partial charge on any atom is 0.119 e. The normalized spacial score (nSPS) is 27.1. The SMILES string of the molecule is COc1cccc(C2(CNC(C)(C)C)CC2C)c1. The summed E-state index contributed by atoms with van der Waals surface area (Å²) in [6.07, 6.45) is 1.27. The average Bonchev–Trinajstić information content (AvgIpc) is 2.98. The Labute approximate surface area is 111 Å². The second-order valence-electron chi connectivity index (χ2n) is 6.60. The molecule has 0 saturated heterocycles. The standard InChI is InChI=1S/C16H25NO/c1-12-10-16(12,11-17-15(2,3)4)13-7-6-8-14(9-13)18-5/h6-9,12,17H,10-11H2,1-5H3. The molecule has 2 heteroatoms. The van der Waals surface area contributed by atoms with E-state index >= 15 is 0 Å². The van der Waals surface area contributed by atoms with Gasteiger partial charge in [0, 0.05) is 17.5 Å². The summed E-state index contributed by atoms with van der Waals surface area (Å²) >= 11 is 0. The van der Waals surface area contributed by atoms with Crippen LogP contribution >= 0.6 is 0 Å². The molecule has 0 spiro atoms. The van der Waals surface area contributed by atoms with Gasteiger partial charge in [0.2, 0.25) is 0 Å². The first-order valence-electron chi connectivity index (χ1n) is 6.77. The maximum absolute atomic E-state index is 5.34. The minimum absolute atomic E-state index is 0.175. The molecule has 1 aromatic rings. The number of benzene rings is 1. The third kappa shape index (κ3) is 2.69. The number of ether oxygens (including phenoxy) is 1. The van der Waals surface area contributed by atoms with Crippen molar-refractivity contribution in [1.29, 1.82) is 0 Å². The summed E-state index contributed by atoms with van der Waals surface area (Å²) in [6.45, 7) is 10.0. The van der Waals surface area contributed by atoms with Gasteiger partial charge in [0.1, 0.15) is 5.75 Å². The first-order chi connectivity index (χ1) is 8.37. The molecule has 1 aromatic carbocycles. The van der Waals surface area contributed by atoms with E-state index < -0.39 is 0 Å². The highest BCUT2D eigenvalue weighted by molar-refractivity contribution is 5.39. The van der Waals surface area contributed by atoms with E-state index in [4.69, 9.17) is 4.74 Å². The summed E-state index contributed by atoms with van der Waals surface area (Å²) in [5, 5.41) is 3.65. The van der Waals surface area contributed by atoms with E-state index in [0.29, 0.717) is 5.41 Å². The molecule has 1 aliphatic carbocycles. The van der Waals surface area contributed by atoms with Crippen molar-refractivity contribution >= 4 is 0 Å². The Morgan fingerprint density at radius 3 is 2.56 bits per heavy atom. The van der Waals surface area contributed by atoms with Gasteiger partial charge < -0.3 is 10.1 Å².